The van der Waals surface area contributed by atoms with Crippen LogP contribution in [0, 0.1) is 0 Å². The quantitative estimate of drug-likeness (QED) is 0.173. The van der Waals surface area contributed by atoms with Gasteiger partial charge >= 0.3 is 6.03 Å². The van der Waals surface area contributed by atoms with Crippen molar-refractivity contribution in [1.29, 1.82) is 0 Å². The van der Waals surface area contributed by atoms with Crippen molar-refractivity contribution in [1.82, 2.24) is 4.98 Å². The van der Waals surface area contributed by atoms with Crippen LogP contribution in [-0.2, 0) is 6.42 Å². The highest BCUT2D eigenvalue weighted by atomic mass is 16.3. The molecule has 188 valence electrons. The Morgan fingerprint density at radius 3 is 2.42 bits per heavy atom. The van der Waals surface area contributed by atoms with Gasteiger partial charge in [-0.15, -0.1) is 0 Å². The van der Waals surface area contributed by atoms with Crippen molar-refractivity contribution in [2.24, 2.45) is 4.99 Å². The summed E-state index contributed by atoms with van der Waals surface area (Å²) in [5, 5.41) is 21.0. The van der Waals surface area contributed by atoms with Crippen molar-refractivity contribution in [2.45, 2.75) is 6.42 Å². The average molecular weight is 502 g/mol. The number of aromatic nitrogens is 1. The number of benzene rings is 4. The first kappa shape index (κ1) is 24.7. The third-order valence-corrected chi connectivity index (χ3v) is 5.92. The van der Waals surface area contributed by atoms with Crippen molar-refractivity contribution < 1.29 is 9.90 Å². The van der Waals surface area contributed by atoms with Gasteiger partial charge in [0.25, 0.3) is 0 Å². The number of rotatable bonds is 8. The summed E-state index contributed by atoms with van der Waals surface area (Å²) in [5.74, 6) is 0.545. The minimum absolute atomic E-state index is 0.158. The number of hydrogen-bond acceptors (Lipinski definition) is 5. The van der Waals surface area contributed by atoms with Crippen molar-refractivity contribution in [3.05, 3.63) is 121 Å². The summed E-state index contributed by atoms with van der Waals surface area (Å²) < 4.78 is 0. The Hall–Kier alpha value is -5.01. The molecule has 0 aliphatic heterocycles. The lowest BCUT2D eigenvalue weighted by molar-refractivity contribution is 0.262. The number of carbonyl (C=O) groups excluding carboxylic acids is 1. The zero-order valence-corrected chi connectivity index (χ0v) is 20.6. The van der Waals surface area contributed by atoms with Gasteiger partial charge in [0.05, 0.1) is 12.3 Å². The van der Waals surface area contributed by atoms with Gasteiger partial charge in [-0.1, -0.05) is 72.8 Å². The molecule has 0 atom stereocenters. The Bertz CT molecular complexity index is 1580. The van der Waals surface area contributed by atoms with Gasteiger partial charge in [-0.25, -0.2) is 9.78 Å². The Morgan fingerprint density at radius 1 is 0.789 bits per heavy atom. The number of hydrogen-bond donors (Lipinski definition) is 4. The second-order valence-corrected chi connectivity index (χ2v) is 8.68. The zero-order chi connectivity index (χ0) is 26.2. The van der Waals surface area contributed by atoms with Crippen LogP contribution in [-0.4, -0.2) is 28.4 Å². The van der Waals surface area contributed by atoms with Gasteiger partial charge in [0.2, 0.25) is 0 Å². The Morgan fingerprint density at radius 2 is 1.55 bits per heavy atom. The number of aliphatic hydroxyl groups is 1. The summed E-state index contributed by atoms with van der Waals surface area (Å²) in [7, 11) is 0. The molecule has 0 bridgehead atoms. The highest BCUT2D eigenvalue weighted by molar-refractivity contribution is 6.06. The van der Waals surface area contributed by atoms with E-state index >= 15 is 0 Å². The maximum atomic E-state index is 12.8. The number of nitrogens with one attached hydrogen (secondary N) is 3. The summed E-state index contributed by atoms with van der Waals surface area (Å²) in [6.45, 7) is -0.158. The van der Waals surface area contributed by atoms with Crippen molar-refractivity contribution in [3.8, 4) is 0 Å². The molecule has 0 spiro atoms. The molecule has 38 heavy (non-hydrogen) atoms. The van der Waals surface area contributed by atoms with E-state index in [9.17, 15) is 9.90 Å². The first-order chi connectivity index (χ1) is 18.7. The van der Waals surface area contributed by atoms with Crippen LogP contribution in [0.4, 0.5) is 33.4 Å². The number of fused-ring (bicyclic) bond motifs is 1. The molecular weight excluding hydrogens is 474 g/mol. The SMILES string of the molecule is O=C(Nc1cccc(Nc2ncccc2/N=C(\CO)Cc2ccccc2)c1)Nc1cccc2ccccc12. The molecule has 0 saturated heterocycles. The van der Waals surface area contributed by atoms with Gasteiger partial charge < -0.3 is 21.1 Å². The maximum Gasteiger partial charge on any atom is 0.323 e. The first-order valence-electron chi connectivity index (χ1n) is 12.3. The van der Waals surface area contributed by atoms with Crippen LogP contribution in [0.1, 0.15) is 5.56 Å². The van der Waals surface area contributed by atoms with Crippen LogP contribution in [0.5, 0.6) is 0 Å². The summed E-state index contributed by atoms with van der Waals surface area (Å²) >= 11 is 0. The second kappa shape index (κ2) is 11.8. The second-order valence-electron chi connectivity index (χ2n) is 8.68. The molecule has 7 heteroatoms. The van der Waals surface area contributed by atoms with Gasteiger partial charge in [-0.2, -0.15) is 0 Å². The minimum Gasteiger partial charge on any atom is -0.390 e. The first-order valence-corrected chi connectivity index (χ1v) is 12.3. The third-order valence-electron chi connectivity index (χ3n) is 5.92. The predicted molar refractivity (Wildman–Crippen MR) is 155 cm³/mol. The van der Waals surface area contributed by atoms with Gasteiger partial charge in [0, 0.05) is 35.1 Å². The fraction of sp³-hybridized carbons (Fsp3) is 0.0645. The largest absolute Gasteiger partial charge is 0.390 e. The molecule has 2 amide bonds. The van der Waals surface area contributed by atoms with E-state index < -0.39 is 0 Å². The van der Waals surface area contributed by atoms with Crippen LogP contribution >= 0.6 is 0 Å². The summed E-state index contributed by atoms with van der Waals surface area (Å²) in [6, 6.07) is 34.3. The van der Waals surface area contributed by atoms with Crippen LogP contribution in [0.2, 0.25) is 0 Å². The lowest BCUT2D eigenvalue weighted by Gasteiger charge is -2.13. The van der Waals surface area contributed by atoms with Crippen LogP contribution < -0.4 is 16.0 Å². The number of aliphatic hydroxyl groups excluding tert-OH is 1. The van der Waals surface area contributed by atoms with Crippen molar-refractivity contribution in [3.63, 3.8) is 0 Å². The van der Waals surface area contributed by atoms with Crippen molar-refractivity contribution >= 4 is 51.1 Å². The molecule has 0 aliphatic rings. The van der Waals surface area contributed by atoms with Crippen LogP contribution in [0.25, 0.3) is 10.8 Å². The monoisotopic (exact) mass is 501 g/mol. The van der Waals surface area contributed by atoms with Gasteiger partial charge in [0.1, 0.15) is 5.69 Å². The Balaban J connectivity index is 1.30. The lowest BCUT2D eigenvalue weighted by atomic mass is 10.1. The topological polar surface area (TPSA) is 98.6 Å². The molecule has 7 nitrogen and oxygen atoms in total. The number of pyridine rings is 1. The van der Waals surface area contributed by atoms with E-state index in [0.29, 0.717) is 29.3 Å². The molecule has 0 fully saturated rings. The van der Waals surface area contributed by atoms with E-state index in [4.69, 9.17) is 0 Å². The smallest absolute Gasteiger partial charge is 0.323 e. The van der Waals surface area contributed by atoms with Gasteiger partial charge in [0.15, 0.2) is 5.82 Å². The molecule has 4 aromatic carbocycles. The average Bonchev–Trinajstić information content (AvgIpc) is 2.94. The molecule has 5 aromatic rings. The van der Waals surface area contributed by atoms with E-state index in [0.717, 1.165) is 27.7 Å². The highest BCUT2D eigenvalue weighted by Crippen LogP contribution is 2.28. The molecule has 0 unspecified atom stereocenters. The van der Waals surface area contributed by atoms with E-state index in [2.05, 4.69) is 25.9 Å². The molecular formula is C31H27N5O2. The lowest BCUT2D eigenvalue weighted by Crippen LogP contribution is -2.19. The molecule has 4 N–H and O–H groups in total. The van der Waals surface area contributed by atoms with Crippen LogP contribution in [0.15, 0.2) is 120 Å². The number of anilines is 4. The fourth-order valence-electron chi connectivity index (χ4n) is 4.15. The molecule has 1 aromatic heterocycles. The summed E-state index contributed by atoms with van der Waals surface area (Å²) in [4.78, 5) is 21.9. The minimum atomic E-state index is -0.338. The predicted octanol–water partition coefficient (Wildman–Crippen LogP) is 6.93. The molecule has 0 aliphatic carbocycles. The van der Waals surface area contributed by atoms with E-state index in [-0.39, 0.29) is 12.6 Å². The highest BCUT2D eigenvalue weighted by Gasteiger charge is 2.09. The van der Waals surface area contributed by atoms with Gasteiger partial charge in [-0.05, 0) is 47.3 Å². The molecule has 0 saturated carbocycles. The normalized spacial score (nSPS) is 11.2. The van der Waals surface area contributed by atoms with E-state index in [1.54, 1.807) is 12.3 Å². The molecule has 1 heterocycles. The Labute approximate surface area is 220 Å². The number of urea groups is 1. The number of amides is 2. The number of nitrogens with zero attached hydrogens (tertiary/aromatic N) is 2. The van der Waals surface area contributed by atoms with Gasteiger partial charge in [-0.3, -0.25) is 4.99 Å². The summed E-state index contributed by atoms with van der Waals surface area (Å²) in [5.41, 5.74) is 4.40. The third kappa shape index (κ3) is 6.21. The Kier molecular flexibility index (Phi) is 7.67. The maximum absolute atomic E-state index is 12.8. The number of aliphatic imine (C=N–C) groups is 1. The fourth-order valence-corrected chi connectivity index (χ4v) is 4.15. The van der Waals surface area contributed by atoms with Crippen molar-refractivity contribution in [2.75, 3.05) is 22.6 Å². The summed E-state index contributed by atoms with van der Waals surface area (Å²) in [6.07, 6.45) is 2.22. The van der Waals surface area contributed by atoms with E-state index in [1.807, 2.05) is 103 Å². The molecule has 5 rings (SSSR count). The van der Waals surface area contributed by atoms with E-state index in [1.165, 1.54) is 0 Å². The van der Waals surface area contributed by atoms with Crippen LogP contribution in [0.3, 0.4) is 0 Å². The molecule has 0 radical (unpaired) electrons. The standard InChI is InChI=1S/C31H27N5O2/c37-21-26(19-22-9-2-1-3-10-22)33-29-17-8-18-32-30(29)34-24-13-7-14-25(20-24)35-31(38)36-28-16-6-12-23-11-4-5-15-27(23)28/h1-18,20,37H,19,21H2,(H,32,34)(H2,35,36,38)/b33-26-. The number of carbonyl (C=O) groups is 1. The zero-order valence-electron chi connectivity index (χ0n) is 20.6.